The lowest BCUT2D eigenvalue weighted by atomic mass is 9.61. The molecular weight excluding hydrogens is 224 g/mol. The highest BCUT2D eigenvalue weighted by Crippen LogP contribution is 2.57. The average molecular weight is 250 g/mol. The van der Waals surface area contributed by atoms with Gasteiger partial charge in [-0.2, -0.15) is 0 Å². The zero-order valence-corrected chi connectivity index (χ0v) is 12.2. The van der Waals surface area contributed by atoms with Gasteiger partial charge in [-0.3, -0.25) is 4.79 Å². The lowest BCUT2D eigenvalue weighted by molar-refractivity contribution is -0.197. The van der Waals surface area contributed by atoms with Crippen LogP contribution < -0.4 is 0 Å². The summed E-state index contributed by atoms with van der Waals surface area (Å²) in [6.45, 7) is 9.29. The molecule has 2 heteroatoms. The number of hydrogen-bond acceptors (Lipinski definition) is 2. The SMILES string of the molecule is CC1CC23CCC(C)C2CC(C)(C)CC1C(=O)O3. The van der Waals surface area contributed by atoms with Crippen molar-refractivity contribution in [2.24, 2.45) is 29.1 Å². The molecule has 4 aliphatic rings. The molecule has 1 spiro atoms. The Labute approximate surface area is 110 Å². The zero-order valence-electron chi connectivity index (χ0n) is 12.2. The van der Waals surface area contributed by atoms with Crippen molar-refractivity contribution in [3.05, 3.63) is 0 Å². The molecule has 0 aromatic carbocycles. The van der Waals surface area contributed by atoms with Gasteiger partial charge >= 0.3 is 5.97 Å². The molecule has 18 heavy (non-hydrogen) atoms. The molecule has 2 aliphatic heterocycles. The molecule has 2 saturated heterocycles. The quantitative estimate of drug-likeness (QED) is 0.611. The van der Waals surface area contributed by atoms with E-state index < -0.39 is 0 Å². The molecule has 2 aliphatic carbocycles. The summed E-state index contributed by atoms with van der Waals surface area (Å²) in [4.78, 5) is 12.3. The molecule has 0 radical (unpaired) electrons. The maximum Gasteiger partial charge on any atom is 0.309 e. The van der Waals surface area contributed by atoms with E-state index in [9.17, 15) is 4.79 Å². The Kier molecular flexibility index (Phi) is 2.60. The van der Waals surface area contributed by atoms with Crippen LogP contribution in [0.25, 0.3) is 0 Å². The Balaban J connectivity index is 2.03. The standard InChI is InChI=1S/C16H26O2/c1-10-5-6-16-7-11(2)12(14(17)18-16)8-15(3,4)9-13(10)16/h10-13H,5-9H2,1-4H3. The topological polar surface area (TPSA) is 26.3 Å². The number of hydrogen-bond donors (Lipinski definition) is 0. The molecule has 5 atom stereocenters. The van der Waals surface area contributed by atoms with Crippen molar-refractivity contribution >= 4 is 5.97 Å². The van der Waals surface area contributed by atoms with Crippen LogP contribution in [0.2, 0.25) is 0 Å². The van der Waals surface area contributed by atoms with Crippen molar-refractivity contribution in [1.82, 2.24) is 0 Å². The van der Waals surface area contributed by atoms with E-state index >= 15 is 0 Å². The highest BCUT2D eigenvalue weighted by atomic mass is 16.6. The predicted molar refractivity (Wildman–Crippen MR) is 71.0 cm³/mol. The van der Waals surface area contributed by atoms with Crippen molar-refractivity contribution in [1.29, 1.82) is 0 Å². The molecule has 0 amide bonds. The summed E-state index contributed by atoms with van der Waals surface area (Å²) >= 11 is 0. The van der Waals surface area contributed by atoms with Gasteiger partial charge in [-0.1, -0.05) is 27.7 Å². The zero-order chi connectivity index (χ0) is 13.1. The van der Waals surface area contributed by atoms with Gasteiger partial charge in [-0.15, -0.1) is 0 Å². The van der Waals surface area contributed by atoms with Crippen molar-refractivity contribution < 1.29 is 9.53 Å². The molecule has 0 N–H and O–H groups in total. The summed E-state index contributed by atoms with van der Waals surface area (Å²) in [6, 6.07) is 0. The van der Waals surface area contributed by atoms with Crippen molar-refractivity contribution in [3.63, 3.8) is 0 Å². The maximum atomic E-state index is 12.3. The molecule has 0 aromatic heterocycles. The van der Waals surface area contributed by atoms with E-state index in [4.69, 9.17) is 4.74 Å². The summed E-state index contributed by atoms with van der Waals surface area (Å²) in [7, 11) is 0. The van der Waals surface area contributed by atoms with Crippen LogP contribution in [0.4, 0.5) is 0 Å². The third-order valence-corrected chi connectivity index (χ3v) is 5.89. The van der Waals surface area contributed by atoms with Crippen LogP contribution in [0.3, 0.4) is 0 Å². The van der Waals surface area contributed by atoms with E-state index in [0.717, 1.165) is 19.3 Å². The maximum absolute atomic E-state index is 12.3. The minimum atomic E-state index is -0.107. The number of carbonyl (C=O) groups is 1. The highest BCUT2D eigenvalue weighted by Gasteiger charge is 2.58. The number of fused-ring (bicyclic) bond motifs is 4. The summed E-state index contributed by atoms with van der Waals surface area (Å²) in [5.74, 6) is 2.03. The van der Waals surface area contributed by atoms with Crippen molar-refractivity contribution in [2.75, 3.05) is 0 Å². The molecule has 4 rings (SSSR count). The Bertz CT molecular complexity index is 373. The van der Waals surface area contributed by atoms with E-state index in [1.54, 1.807) is 0 Å². The third kappa shape index (κ3) is 1.71. The lowest BCUT2D eigenvalue weighted by Gasteiger charge is -2.51. The van der Waals surface area contributed by atoms with Crippen LogP contribution in [-0.4, -0.2) is 11.6 Å². The summed E-state index contributed by atoms with van der Waals surface area (Å²) in [6.07, 6.45) is 5.66. The number of esters is 1. The van der Waals surface area contributed by atoms with Gasteiger partial charge in [0.2, 0.25) is 0 Å². The van der Waals surface area contributed by atoms with Crippen LogP contribution in [0.5, 0.6) is 0 Å². The fourth-order valence-corrected chi connectivity index (χ4v) is 4.94. The normalized spacial score (nSPS) is 50.3. The second kappa shape index (κ2) is 3.74. The summed E-state index contributed by atoms with van der Waals surface area (Å²) < 4.78 is 6.00. The van der Waals surface area contributed by atoms with E-state index in [1.165, 1.54) is 12.8 Å². The number of carbonyl (C=O) groups excluding carboxylic acids is 1. The summed E-state index contributed by atoms with van der Waals surface area (Å²) in [5.41, 5.74) is 0.178. The van der Waals surface area contributed by atoms with Gasteiger partial charge in [0.05, 0.1) is 5.92 Å². The fourth-order valence-electron chi connectivity index (χ4n) is 4.94. The molecule has 5 unspecified atom stereocenters. The summed E-state index contributed by atoms with van der Waals surface area (Å²) in [5, 5.41) is 0. The minimum absolute atomic E-state index is 0.0978. The van der Waals surface area contributed by atoms with Crippen LogP contribution in [0, 0.1) is 29.1 Å². The Morgan fingerprint density at radius 2 is 1.83 bits per heavy atom. The van der Waals surface area contributed by atoms with Gasteiger partial charge in [0, 0.05) is 5.92 Å². The molecule has 0 aromatic rings. The van der Waals surface area contributed by atoms with Gasteiger partial charge in [0.1, 0.15) is 5.60 Å². The number of rotatable bonds is 0. The molecule has 102 valence electrons. The van der Waals surface area contributed by atoms with Crippen LogP contribution in [0.1, 0.15) is 59.8 Å². The molecular formula is C16H26O2. The van der Waals surface area contributed by atoms with Gasteiger partial charge in [-0.05, 0) is 49.4 Å². The minimum Gasteiger partial charge on any atom is -0.459 e. The second-order valence-electron chi connectivity index (χ2n) is 7.97. The first-order valence-electron chi connectivity index (χ1n) is 7.56. The van der Waals surface area contributed by atoms with Crippen LogP contribution in [0.15, 0.2) is 0 Å². The van der Waals surface area contributed by atoms with Gasteiger partial charge < -0.3 is 4.74 Å². The van der Waals surface area contributed by atoms with Crippen molar-refractivity contribution in [3.8, 4) is 0 Å². The van der Waals surface area contributed by atoms with E-state index in [0.29, 0.717) is 17.8 Å². The number of ether oxygens (including phenoxy) is 1. The smallest absolute Gasteiger partial charge is 0.309 e. The fraction of sp³-hybridized carbons (Fsp3) is 0.938. The first kappa shape index (κ1) is 12.5. The van der Waals surface area contributed by atoms with E-state index in [1.807, 2.05) is 0 Å². The van der Waals surface area contributed by atoms with Gasteiger partial charge in [-0.25, -0.2) is 0 Å². The largest absolute Gasteiger partial charge is 0.459 e. The highest BCUT2D eigenvalue weighted by molar-refractivity contribution is 5.74. The molecule has 2 saturated carbocycles. The third-order valence-electron chi connectivity index (χ3n) is 5.89. The van der Waals surface area contributed by atoms with Crippen LogP contribution in [-0.2, 0) is 9.53 Å². The first-order valence-corrected chi connectivity index (χ1v) is 7.56. The van der Waals surface area contributed by atoms with Gasteiger partial charge in [0.25, 0.3) is 0 Å². The van der Waals surface area contributed by atoms with Crippen LogP contribution >= 0.6 is 0 Å². The molecule has 2 heterocycles. The molecule has 4 fully saturated rings. The predicted octanol–water partition coefficient (Wildman–Crippen LogP) is 3.79. The molecule has 2 bridgehead atoms. The monoisotopic (exact) mass is 250 g/mol. The Morgan fingerprint density at radius 3 is 2.50 bits per heavy atom. The lowest BCUT2D eigenvalue weighted by Crippen LogP contribution is -2.53. The average Bonchev–Trinajstić information content (AvgIpc) is 2.50. The van der Waals surface area contributed by atoms with Gasteiger partial charge in [0.15, 0.2) is 0 Å². The van der Waals surface area contributed by atoms with E-state index in [2.05, 4.69) is 27.7 Å². The van der Waals surface area contributed by atoms with E-state index in [-0.39, 0.29) is 22.9 Å². The molecule has 2 nitrogen and oxygen atoms in total. The second-order valence-corrected chi connectivity index (χ2v) is 7.97. The Hall–Kier alpha value is -0.530. The Morgan fingerprint density at radius 1 is 1.11 bits per heavy atom. The van der Waals surface area contributed by atoms with Crippen molar-refractivity contribution in [2.45, 2.75) is 65.4 Å². The first-order chi connectivity index (χ1) is 8.33.